The summed E-state index contributed by atoms with van der Waals surface area (Å²) in [5.41, 5.74) is 0. The zero-order chi connectivity index (χ0) is 12.4. The molecule has 1 aliphatic carbocycles. The highest BCUT2D eigenvalue weighted by molar-refractivity contribution is 6.07. The van der Waals surface area contributed by atoms with Gasteiger partial charge in [-0.25, -0.2) is 0 Å². The SMILES string of the molecule is C#CCNC(=O)CN1C(=O)C2CCCC2C1=O. The zero-order valence-electron chi connectivity index (χ0n) is 9.44. The molecule has 2 unspecified atom stereocenters. The van der Waals surface area contributed by atoms with Gasteiger partial charge in [0.15, 0.2) is 0 Å². The first-order chi connectivity index (χ1) is 8.15. The lowest BCUT2D eigenvalue weighted by molar-refractivity contribution is -0.143. The summed E-state index contributed by atoms with van der Waals surface area (Å²) in [5, 5.41) is 2.44. The summed E-state index contributed by atoms with van der Waals surface area (Å²) in [4.78, 5) is 36.3. The van der Waals surface area contributed by atoms with E-state index < -0.39 is 0 Å². The van der Waals surface area contributed by atoms with Crippen LogP contribution in [0.2, 0.25) is 0 Å². The predicted molar refractivity (Wildman–Crippen MR) is 59.4 cm³/mol. The van der Waals surface area contributed by atoms with E-state index in [0.29, 0.717) is 0 Å². The van der Waals surface area contributed by atoms with Crippen LogP contribution < -0.4 is 5.32 Å². The average molecular weight is 234 g/mol. The molecule has 1 heterocycles. The molecule has 90 valence electrons. The van der Waals surface area contributed by atoms with Gasteiger partial charge in [-0.2, -0.15) is 0 Å². The molecule has 2 fully saturated rings. The topological polar surface area (TPSA) is 66.5 Å². The van der Waals surface area contributed by atoms with Crippen LogP contribution in [0, 0.1) is 24.2 Å². The predicted octanol–water partition coefficient (Wildman–Crippen LogP) is -0.479. The molecule has 0 radical (unpaired) electrons. The number of carbonyl (C=O) groups is 3. The van der Waals surface area contributed by atoms with Gasteiger partial charge in [-0.1, -0.05) is 12.3 Å². The van der Waals surface area contributed by atoms with Crippen molar-refractivity contribution in [1.82, 2.24) is 10.2 Å². The average Bonchev–Trinajstić information content (AvgIpc) is 2.87. The first kappa shape index (κ1) is 11.6. The first-order valence-corrected chi connectivity index (χ1v) is 5.70. The summed E-state index contributed by atoms with van der Waals surface area (Å²) in [5.74, 6) is 1.10. The van der Waals surface area contributed by atoms with Crippen molar-refractivity contribution in [3.05, 3.63) is 0 Å². The maximum Gasteiger partial charge on any atom is 0.240 e. The second kappa shape index (κ2) is 4.58. The maximum absolute atomic E-state index is 11.9. The number of amides is 3. The standard InChI is InChI=1S/C12H14N2O3/c1-2-6-13-10(15)7-14-11(16)8-4-3-5-9(8)12(14)17/h1,8-9H,3-7H2,(H,13,15). The fourth-order valence-corrected chi connectivity index (χ4v) is 2.57. The van der Waals surface area contributed by atoms with Crippen molar-refractivity contribution in [2.45, 2.75) is 19.3 Å². The Bertz CT molecular complexity index is 388. The molecule has 0 aromatic heterocycles. The summed E-state index contributed by atoms with van der Waals surface area (Å²) < 4.78 is 0. The fourth-order valence-electron chi connectivity index (χ4n) is 2.57. The van der Waals surface area contributed by atoms with Crippen molar-refractivity contribution < 1.29 is 14.4 Å². The van der Waals surface area contributed by atoms with E-state index in [4.69, 9.17) is 6.42 Å². The molecule has 5 heteroatoms. The fraction of sp³-hybridized carbons (Fsp3) is 0.583. The van der Waals surface area contributed by atoms with Crippen LogP contribution in [0.1, 0.15) is 19.3 Å². The first-order valence-electron chi connectivity index (χ1n) is 5.70. The minimum atomic E-state index is -0.385. The second-order valence-electron chi connectivity index (χ2n) is 4.39. The monoisotopic (exact) mass is 234 g/mol. The van der Waals surface area contributed by atoms with E-state index in [-0.39, 0.29) is 42.6 Å². The molecule has 0 aromatic carbocycles. The van der Waals surface area contributed by atoms with Crippen molar-refractivity contribution in [3.63, 3.8) is 0 Å². The van der Waals surface area contributed by atoms with Crippen LogP contribution >= 0.6 is 0 Å². The van der Waals surface area contributed by atoms with E-state index in [1.807, 2.05) is 0 Å². The number of carbonyl (C=O) groups excluding carboxylic acids is 3. The Morgan fingerprint density at radius 1 is 1.35 bits per heavy atom. The normalized spacial score (nSPS) is 26.9. The molecule has 3 amide bonds. The number of hydrogen-bond donors (Lipinski definition) is 1. The summed E-state index contributed by atoms with van der Waals surface area (Å²) >= 11 is 0. The largest absolute Gasteiger partial charge is 0.344 e. The van der Waals surface area contributed by atoms with Crippen LogP contribution in [0.25, 0.3) is 0 Å². The molecule has 1 aliphatic heterocycles. The molecule has 2 atom stereocenters. The Morgan fingerprint density at radius 2 is 1.94 bits per heavy atom. The highest BCUT2D eigenvalue weighted by atomic mass is 16.2. The number of nitrogens with zero attached hydrogens (tertiary/aromatic N) is 1. The number of hydrogen-bond acceptors (Lipinski definition) is 3. The highest BCUT2D eigenvalue weighted by Crippen LogP contribution is 2.39. The number of fused-ring (bicyclic) bond motifs is 1. The van der Waals surface area contributed by atoms with Crippen molar-refractivity contribution >= 4 is 17.7 Å². The van der Waals surface area contributed by atoms with Crippen LogP contribution in [-0.2, 0) is 14.4 Å². The number of terminal acetylenes is 1. The van der Waals surface area contributed by atoms with E-state index in [1.54, 1.807) is 0 Å². The number of likely N-dealkylation sites (tertiary alicyclic amines) is 1. The van der Waals surface area contributed by atoms with Crippen LogP contribution in [0.4, 0.5) is 0 Å². The summed E-state index contributed by atoms with van der Waals surface area (Å²) in [6.45, 7) is -0.0890. The summed E-state index contributed by atoms with van der Waals surface area (Å²) in [6, 6.07) is 0. The quantitative estimate of drug-likeness (QED) is 0.530. The molecular formula is C12H14N2O3. The van der Waals surface area contributed by atoms with Crippen LogP contribution in [0.15, 0.2) is 0 Å². The van der Waals surface area contributed by atoms with E-state index in [1.165, 1.54) is 0 Å². The van der Waals surface area contributed by atoms with Crippen molar-refractivity contribution in [3.8, 4) is 12.3 Å². The van der Waals surface area contributed by atoms with E-state index >= 15 is 0 Å². The van der Waals surface area contributed by atoms with E-state index in [9.17, 15) is 14.4 Å². The van der Waals surface area contributed by atoms with Gasteiger partial charge in [-0.15, -0.1) is 6.42 Å². The summed E-state index contributed by atoms with van der Waals surface area (Å²) in [6.07, 6.45) is 7.45. The third-order valence-corrected chi connectivity index (χ3v) is 3.37. The molecule has 1 saturated carbocycles. The zero-order valence-corrected chi connectivity index (χ0v) is 9.44. The smallest absolute Gasteiger partial charge is 0.240 e. The molecule has 1 N–H and O–H groups in total. The molecule has 1 saturated heterocycles. The molecule has 0 bridgehead atoms. The molecule has 0 aromatic rings. The lowest BCUT2D eigenvalue weighted by Crippen LogP contribution is -2.41. The molecule has 2 rings (SSSR count). The highest BCUT2D eigenvalue weighted by Gasteiger charge is 2.49. The van der Waals surface area contributed by atoms with Gasteiger partial charge in [0, 0.05) is 0 Å². The third kappa shape index (κ3) is 2.03. The minimum absolute atomic E-state index is 0.113. The van der Waals surface area contributed by atoms with Gasteiger partial charge < -0.3 is 5.32 Å². The van der Waals surface area contributed by atoms with Crippen molar-refractivity contribution in [2.75, 3.05) is 13.1 Å². The number of imide groups is 1. The van der Waals surface area contributed by atoms with Gasteiger partial charge in [0.25, 0.3) is 0 Å². The van der Waals surface area contributed by atoms with E-state index in [0.717, 1.165) is 24.2 Å². The molecule has 2 aliphatic rings. The molecule has 0 spiro atoms. The van der Waals surface area contributed by atoms with Gasteiger partial charge in [0.1, 0.15) is 6.54 Å². The number of rotatable bonds is 3. The minimum Gasteiger partial charge on any atom is -0.344 e. The van der Waals surface area contributed by atoms with Gasteiger partial charge >= 0.3 is 0 Å². The Balaban J connectivity index is 1.98. The van der Waals surface area contributed by atoms with Crippen LogP contribution in [-0.4, -0.2) is 35.7 Å². The van der Waals surface area contributed by atoms with E-state index in [2.05, 4.69) is 11.2 Å². The lowest BCUT2D eigenvalue weighted by Gasteiger charge is -2.14. The Kier molecular flexibility index (Phi) is 3.14. The number of nitrogens with one attached hydrogen (secondary N) is 1. The Hall–Kier alpha value is -1.83. The lowest BCUT2D eigenvalue weighted by atomic mass is 10.00. The van der Waals surface area contributed by atoms with Gasteiger partial charge in [0.2, 0.25) is 17.7 Å². The summed E-state index contributed by atoms with van der Waals surface area (Å²) in [7, 11) is 0. The Labute approximate surface area is 99.5 Å². The molecule has 5 nitrogen and oxygen atoms in total. The molecule has 17 heavy (non-hydrogen) atoms. The van der Waals surface area contributed by atoms with Gasteiger partial charge in [-0.3, -0.25) is 19.3 Å². The van der Waals surface area contributed by atoms with Crippen LogP contribution in [0.3, 0.4) is 0 Å². The van der Waals surface area contributed by atoms with Gasteiger partial charge in [0.05, 0.1) is 18.4 Å². The van der Waals surface area contributed by atoms with Gasteiger partial charge in [-0.05, 0) is 12.8 Å². The van der Waals surface area contributed by atoms with Crippen LogP contribution in [0.5, 0.6) is 0 Å². The third-order valence-electron chi connectivity index (χ3n) is 3.37. The Morgan fingerprint density at radius 3 is 2.47 bits per heavy atom. The molecular weight excluding hydrogens is 220 g/mol. The van der Waals surface area contributed by atoms with Crippen molar-refractivity contribution in [2.24, 2.45) is 11.8 Å². The second-order valence-corrected chi connectivity index (χ2v) is 4.39. The maximum atomic E-state index is 11.9. The van der Waals surface area contributed by atoms with Crippen molar-refractivity contribution in [1.29, 1.82) is 0 Å².